The Kier molecular flexibility index (Phi) is 6.22. The number of para-hydroxylation sites is 5. The zero-order valence-corrected chi connectivity index (χ0v) is 25.8. The molecule has 9 rings (SSSR count). The second-order valence-electron chi connectivity index (χ2n) is 11.9. The maximum absolute atomic E-state index is 10.4. The van der Waals surface area contributed by atoms with Gasteiger partial charge in [-0.2, -0.15) is 5.26 Å². The average Bonchev–Trinajstić information content (AvgIpc) is 3.67. The highest BCUT2D eigenvalue weighted by Crippen LogP contribution is 2.44. The SMILES string of the molecule is [C-]#[N+]c1c(C#N)cc(-n2c3ccccc3c3ccccc32)cc1-c1ccccc1-c1ccccc1-n1c2ccccc2c2ccccc21. The summed E-state index contributed by atoms with van der Waals surface area (Å²) in [5, 5.41) is 15.1. The van der Waals surface area contributed by atoms with Crippen LogP contribution in [0.2, 0.25) is 0 Å². The second kappa shape index (κ2) is 10.9. The Balaban J connectivity index is 1.33. The lowest BCUT2D eigenvalue weighted by Gasteiger charge is -2.19. The van der Waals surface area contributed by atoms with Gasteiger partial charge in [0.05, 0.1) is 46.0 Å². The molecule has 0 atom stereocenters. The number of fused-ring (bicyclic) bond motifs is 6. The topological polar surface area (TPSA) is 38.0 Å². The molecule has 0 radical (unpaired) electrons. The van der Waals surface area contributed by atoms with E-state index in [9.17, 15) is 5.26 Å². The van der Waals surface area contributed by atoms with Gasteiger partial charge in [-0.3, -0.25) is 0 Å². The fraction of sp³-hybridized carbons (Fsp3) is 0. The first-order valence-corrected chi connectivity index (χ1v) is 15.9. The van der Waals surface area contributed by atoms with Crippen LogP contribution in [0.25, 0.3) is 82.1 Å². The van der Waals surface area contributed by atoms with Gasteiger partial charge in [0, 0.05) is 32.8 Å². The molecule has 222 valence electrons. The molecule has 0 spiro atoms. The lowest BCUT2D eigenvalue weighted by atomic mass is 9.91. The molecule has 0 fully saturated rings. The van der Waals surface area contributed by atoms with Crippen molar-refractivity contribution < 1.29 is 0 Å². The van der Waals surface area contributed by atoms with Gasteiger partial charge < -0.3 is 9.13 Å². The summed E-state index contributed by atoms with van der Waals surface area (Å²) in [5.41, 5.74) is 10.6. The summed E-state index contributed by atoms with van der Waals surface area (Å²) in [4.78, 5) is 3.97. The van der Waals surface area contributed by atoms with E-state index in [1.807, 2.05) is 30.3 Å². The maximum atomic E-state index is 10.4. The fourth-order valence-electron chi connectivity index (χ4n) is 7.39. The maximum Gasteiger partial charge on any atom is 0.212 e. The Morgan fingerprint density at radius 3 is 1.38 bits per heavy atom. The number of hydrogen-bond acceptors (Lipinski definition) is 1. The van der Waals surface area contributed by atoms with Crippen molar-refractivity contribution in [1.29, 1.82) is 5.26 Å². The minimum Gasteiger partial charge on any atom is -0.309 e. The van der Waals surface area contributed by atoms with E-state index in [1.165, 1.54) is 10.8 Å². The summed E-state index contributed by atoms with van der Waals surface area (Å²) < 4.78 is 4.54. The zero-order valence-electron chi connectivity index (χ0n) is 25.8. The first kappa shape index (κ1) is 27.4. The highest BCUT2D eigenvalue weighted by molar-refractivity contribution is 6.11. The van der Waals surface area contributed by atoms with Crippen LogP contribution in [0.15, 0.2) is 158 Å². The first-order chi connectivity index (χ1) is 23.8. The van der Waals surface area contributed by atoms with Gasteiger partial charge in [0.25, 0.3) is 0 Å². The monoisotopic (exact) mass is 610 g/mol. The number of hydrogen-bond donors (Lipinski definition) is 0. The van der Waals surface area contributed by atoms with Crippen LogP contribution in [0.1, 0.15) is 5.56 Å². The van der Waals surface area contributed by atoms with E-state index in [2.05, 4.69) is 147 Å². The Bertz CT molecular complexity index is 2710. The smallest absolute Gasteiger partial charge is 0.212 e. The molecule has 9 aromatic rings. The van der Waals surface area contributed by atoms with Crippen LogP contribution in [0, 0.1) is 17.9 Å². The Labute approximate surface area is 277 Å². The van der Waals surface area contributed by atoms with E-state index in [4.69, 9.17) is 6.57 Å². The minimum atomic E-state index is 0.351. The van der Waals surface area contributed by atoms with Gasteiger partial charge in [0.1, 0.15) is 0 Å². The predicted molar refractivity (Wildman–Crippen MR) is 197 cm³/mol. The highest BCUT2D eigenvalue weighted by Gasteiger charge is 2.21. The minimum absolute atomic E-state index is 0.351. The van der Waals surface area contributed by atoms with Crippen LogP contribution < -0.4 is 0 Å². The molecule has 0 amide bonds. The van der Waals surface area contributed by atoms with Crippen molar-refractivity contribution in [2.24, 2.45) is 0 Å². The number of rotatable bonds is 4. The van der Waals surface area contributed by atoms with Crippen molar-refractivity contribution in [2.75, 3.05) is 0 Å². The average molecular weight is 611 g/mol. The normalized spacial score (nSPS) is 11.3. The van der Waals surface area contributed by atoms with Gasteiger partial charge in [0.15, 0.2) is 0 Å². The molecule has 0 saturated heterocycles. The van der Waals surface area contributed by atoms with Gasteiger partial charge in [-0.05, 0) is 59.2 Å². The molecule has 0 N–H and O–H groups in total. The van der Waals surface area contributed by atoms with Gasteiger partial charge in [-0.25, -0.2) is 4.85 Å². The molecule has 0 aliphatic heterocycles. The van der Waals surface area contributed by atoms with Crippen molar-refractivity contribution in [3.8, 4) is 39.7 Å². The molecular formula is C44H26N4. The van der Waals surface area contributed by atoms with Crippen LogP contribution in [0.5, 0.6) is 0 Å². The summed E-state index contributed by atoms with van der Waals surface area (Å²) in [6.45, 7) is 8.26. The lowest BCUT2D eigenvalue weighted by Crippen LogP contribution is -1.99. The highest BCUT2D eigenvalue weighted by atomic mass is 15.0. The third kappa shape index (κ3) is 4.01. The van der Waals surface area contributed by atoms with E-state index in [-0.39, 0.29) is 0 Å². The quantitative estimate of drug-likeness (QED) is 0.183. The molecule has 4 heteroatoms. The third-order valence-electron chi connectivity index (χ3n) is 9.40. The molecule has 2 aromatic heterocycles. The van der Waals surface area contributed by atoms with Gasteiger partial charge in [-0.15, -0.1) is 0 Å². The van der Waals surface area contributed by atoms with E-state index in [0.29, 0.717) is 11.3 Å². The van der Waals surface area contributed by atoms with Crippen molar-refractivity contribution >= 4 is 49.3 Å². The molecule has 2 heterocycles. The predicted octanol–water partition coefficient (Wildman–Crippen LogP) is 11.6. The van der Waals surface area contributed by atoms with Crippen molar-refractivity contribution in [3.63, 3.8) is 0 Å². The number of benzene rings is 7. The number of nitrogens with zero attached hydrogens (tertiary/aromatic N) is 4. The Morgan fingerprint density at radius 2 is 0.875 bits per heavy atom. The van der Waals surface area contributed by atoms with E-state index < -0.39 is 0 Å². The summed E-state index contributed by atoms with van der Waals surface area (Å²) in [6.07, 6.45) is 0. The standard InChI is InChI=1S/C44H26N4/c1-46-44-29(28-45)26-30(47-39-21-9-5-17-34(39)35-18-6-10-22-40(35)47)27-38(44)32-15-3-2-14-31(32)33-16-4-11-23-41(33)48-42-24-12-7-19-36(42)37-20-8-13-25-43(37)48/h2-27H. The molecule has 7 aromatic carbocycles. The molecular weight excluding hydrogens is 585 g/mol. The molecule has 0 unspecified atom stereocenters. The van der Waals surface area contributed by atoms with Crippen molar-refractivity contribution in [2.45, 2.75) is 0 Å². The summed E-state index contributed by atoms with van der Waals surface area (Å²) in [5.74, 6) is 0. The van der Waals surface area contributed by atoms with Crippen molar-refractivity contribution in [3.05, 3.63) is 175 Å². The van der Waals surface area contributed by atoms with Crippen LogP contribution in [0.4, 0.5) is 5.69 Å². The number of nitriles is 1. The second-order valence-corrected chi connectivity index (χ2v) is 11.9. The van der Waals surface area contributed by atoms with Crippen LogP contribution in [0.3, 0.4) is 0 Å². The zero-order chi connectivity index (χ0) is 32.2. The fourth-order valence-corrected chi connectivity index (χ4v) is 7.39. The van der Waals surface area contributed by atoms with Gasteiger partial charge >= 0.3 is 0 Å². The number of aromatic nitrogens is 2. The van der Waals surface area contributed by atoms with Gasteiger partial charge in [-0.1, -0.05) is 115 Å². The third-order valence-corrected chi connectivity index (χ3v) is 9.40. The lowest BCUT2D eigenvalue weighted by molar-refractivity contribution is 1.18. The van der Waals surface area contributed by atoms with Gasteiger partial charge in [0.2, 0.25) is 5.69 Å². The van der Waals surface area contributed by atoms with Crippen molar-refractivity contribution in [1.82, 2.24) is 9.13 Å². The van der Waals surface area contributed by atoms with Crippen LogP contribution >= 0.6 is 0 Å². The summed E-state index contributed by atoms with van der Waals surface area (Å²) in [7, 11) is 0. The Morgan fingerprint density at radius 1 is 0.458 bits per heavy atom. The molecule has 0 aliphatic rings. The van der Waals surface area contributed by atoms with Crippen LogP contribution in [-0.2, 0) is 0 Å². The van der Waals surface area contributed by atoms with E-state index >= 15 is 0 Å². The summed E-state index contributed by atoms with van der Waals surface area (Å²) in [6, 6.07) is 56.7. The molecule has 4 nitrogen and oxygen atoms in total. The van der Waals surface area contributed by atoms with E-state index in [0.717, 1.165) is 66.5 Å². The molecule has 0 bridgehead atoms. The molecule has 0 aliphatic carbocycles. The largest absolute Gasteiger partial charge is 0.309 e. The molecule has 0 saturated carbocycles. The Hall–Kier alpha value is -6.88. The van der Waals surface area contributed by atoms with Crippen LogP contribution in [-0.4, -0.2) is 9.13 Å². The first-order valence-electron chi connectivity index (χ1n) is 15.9. The molecule has 48 heavy (non-hydrogen) atoms. The summed E-state index contributed by atoms with van der Waals surface area (Å²) >= 11 is 0. The van der Waals surface area contributed by atoms with E-state index in [1.54, 1.807) is 0 Å².